The van der Waals surface area contributed by atoms with Crippen LogP contribution in [0.4, 0.5) is 19.0 Å². The lowest BCUT2D eigenvalue weighted by atomic mass is 10.1. The molecule has 0 atom stereocenters. The molecular weight excluding hydrogens is 271 g/mol. The summed E-state index contributed by atoms with van der Waals surface area (Å²) in [7, 11) is 0. The molecule has 1 N–H and O–H groups in total. The Morgan fingerprint density at radius 2 is 2.00 bits per heavy atom. The Kier molecular flexibility index (Phi) is 3.78. The zero-order chi connectivity index (χ0) is 14.8. The summed E-state index contributed by atoms with van der Waals surface area (Å²) in [6, 6.07) is 6.86. The van der Waals surface area contributed by atoms with Crippen molar-refractivity contribution in [3.63, 3.8) is 0 Å². The molecule has 106 valence electrons. The monoisotopic (exact) mass is 283 g/mol. The lowest BCUT2D eigenvalue weighted by Gasteiger charge is -2.12. The molecule has 2 aromatic rings. The largest absolute Gasteiger partial charge is 0.416 e. The molecule has 0 radical (unpaired) electrons. The molecule has 0 aliphatic rings. The van der Waals surface area contributed by atoms with E-state index in [-0.39, 0.29) is 18.0 Å². The Morgan fingerprint density at radius 3 is 2.65 bits per heavy atom. The summed E-state index contributed by atoms with van der Waals surface area (Å²) in [5.74, 6) is 0.0212. The van der Waals surface area contributed by atoms with Crippen LogP contribution in [0.25, 0.3) is 0 Å². The molecule has 0 bridgehead atoms. The van der Waals surface area contributed by atoms with E-state index < -0.39 is 11.7 Å². The Bertz CT molecular complexity index is 619. The molecule has 1 amide bonds. The van der Waals surface area contributed by atoms with Crippen LogP contribution in [0.3, 0.4) is 0 Å². The van der Waals surface area contributed by atoms with E-state index in [9.17, 15) is 18.0 Å². The van der Waals surface area contributed by atoms with Gasteiger partial charge in [-0.05, 0) is 11.6 Å². The highest BCUT2D eigenvalue weighted by Gasteiger charge is 2.32. The molecule has 1 heterocycles. The second-order valence-electron chi connectivity index (χ2n) is 4.23. The number of anilines is 1. The van der Waals surface area contributed by atoms with Crippen molar-refractivity contribution in [1.29, 1.82) is 0 Å². The van der Waals surface area contributed by atoms with Crippen LogP contribution in [-0.4, -0.2) is 15.7 Å². The van der Waals surface area contributed by atoms with Crippen LogP contribution in [0.15, 0.2) is 36.5 Å². The number of carbonyl (C=O) groups excluding carboxylic acids is 1. The minimum absolute atomic E-state index is 0.0186. The number of amides is 1. The Hall–Kier alpha value is -2.31. The first-order chi connectivity index (χ1) is 9.36. The lowest BCUT2D eigenvalue weighted by molar-refractivity contribution is -0.138. The van der Waals surface area contributed by atoms with E-state index >= 15 is 0 Å². The van der Waals surface area contributed by atoms with Crippen molar-refractivity contribution >= 4 is 11.7 Å². The summed E-state index contributed by atoms with van der Waals surface area (Å²) < 4.78 is 39.9. The second kappa shape index (κ2) is 5.36. The van der Waals surface area contributed by atoms with Gasteiger partial charge in [-0.15, -0.1) is 0 Å². The van der Waals surface area contributed by atoms with Gasteiger partial charge in [-0.1, -0.05) is 18.2 Å². The van der Waals surface area contributed by atoms with Gasteiger partial charge in [0.05, 0.1) is 12.1 Å². The second-order valence-corrected chi connectivity index (χ2v) is 4.23. The molecule has 1 aromatic heterocycles. The highest BCUT2D eigenvalue weighted by molar-refractivity contribution is 5.87. The number of alkyl halides is 3. The number of nitrogens with zero attached hydrogens (tertiary/aromatic N) is 2. The summed E-state index contributed by atoms with van der Waals surface area (Å²) >= 11 is 0. The van der Waals surface area contributed by atoms with Gasteiger partial charge in [0.25, 0.3) is 0 Å². The third-order valence-electron chi connectivity index (χ3n) is 2.60. The van der Waals surface area contributed by atoms with E-state index in [0.717, 1.165) is 6.07 Å². The molecule has 0 aliphatic heterocycles. The standard InChI is InChI=1S/C13H12F3N3O/c1-9(20)17-12-6-7-19(18-12)8-10-4-2-3-5-11(10)13(14,15)16/h2-7H,8H2,1H3,(H,17,18,20). The smallest absolute Gasteiger partial charge is 0.309 e. The first kappa shape index (κ1) is 14.1. The number of benzene rings is 1. The molecule has 0 spiro atoms. The molecule has 4 nitrogen and oxygen atoms in total. The van der Waals surface area contributed by atoms with Crippen molar-refractivity contribution in [2.75, 3.05) is 5.32 Å². The summed E-state index contributed by atoms with van der Waals surface area (Å²) in [6.45, 7) is 1.31. The number of nitrogens with one attached hydrogen (secondary N) is 1. The van der Waals surface area contributed by atoms with Crippen LogP contribution < -0.4 is 5.32 Å². The molecular formula is C13H12F3N3O. The maximum atomic E-state index is 12.8. The van der Waals surface area contributed by atoms with E-state index in [0.29, 0.717) is 5.82 Å². The number of carbonyl (C=O) groups is 1. The topological polar surface area (TPSA) is 46.9 Å². The molecule has 2 rings (SSSR count). The van der Waals surface area contributed by atoms with E-state index in [1.807, 2.05) is 0 Å². The van der Waals surface area contributed by atoms with Gasteiger partial charge in [-0.25, -0.2) is 0 Å². The fourth-order valence-corrected chi connectivity index (χ4v) is 1.81. The van der Waals surface area contributed by atoms with E-state index in [1.54, 1.807) is 6.07 Å². The van der Waals surface area contributed by atoms with Gasteiger partial charge in [0, 0.05) is 19.2 Å². The third kappa shape index (κ3) is 3.37. The van der Waals surface area contributed by atoms with Gasteiger partial charge >= 0.3 is 6.18 Å². The summed E-state index contributed by atoms with van der Waals surface area (Å²) in [5, 5.41) is 6.45. The third-order valence-corrected chi connectivity index (χ3v) is 2.60. The zero-order valence-corrected chi connectivity index (χ0v) is 10.6. The SMILES string of the molecule is CC(=O)Nc1ccn(Cc2ccccc2C(F)(F)F)n1. The average Bonchev–Trinajstić information content (AvgIpc) is 2.75. The van der Waals surface area contributed by atoms with E-state index in [2.05, 4.69) is 10.4 Å². The van der Waals surface area contributed by atoms with Gasteiger partial charge in [0.15, 0.2) is 5.82 Å². The van der Waals surface area contributed by atoms with Crippen LogP contribution in [0, 0.1) is 0 Å². The lowest BCUT2D eigenvalue weighted by Crippen LogP contribution is -2.12. The number of halogens is 3. The normalized spacial score (nSPS) is 11.4. The van der Waals surface area contributed by atoms with Crippen molar-refractivity contribution in [3.05, 3.63) is 47.7 Å². The molecule has 0 saturated heterocycles. The highest BCUT2D eigenvalue weighted by Crippen LogP contribution is 2.32. The molecule has 1 aromatic carbocycles. The maximum absolute atomic E-state index is 12.8. The minimum atomic E-state index is -4.40. The molecule has 0 fully saturated rings. The zero-order valence-electron chi connectivity index (χ0n) is 10.6. The van der Waals surface area contributed by atoms with Gasteiger partial charge in [0.2, 0.25) is 5.91 Å². The number of hydrogen-bond acceptors (Lipinski definition) is 2. The van der Waals surface area contributed by atoms with Crippen molar-refractivity contribution in [3.8, 4) is 0 Å². The first-order valence-electron chi connectivity index (χ1n) is 5.82. The summed E-state index contributed by atoms with van der Waals surface area (Å²) in [4.78, 5) is 10.9. The Balaban J connectivity index is 2.22. The van der Waals surface area contributed by atoms with Crippen LogP contribution >= 0.6 is 0 Å². The highest BCUT2D eigenvalue weighted by atomic mass is 19.4. The predicted molar refractivity (Wildman–Crippen MR) is 67.1 cm³/mol. The van der Waals surface area contributed by atoms with Crippen LogP contribution in [0.1, 0.15) is 18.1 Å². The van der Waals surface area contributed by atoms with Crippen molar-refractivity contribution in [2.24, 2.45) is 0 Å². The molecule has 0 unspecified atom stereocenters. The molecule has 20 heavy (non-hydrogen) atoms. The van der Waals surface area contributed by atoms with Gasteiger partial charge < -0.3 is 5.32 Å². The van der Waals surface area contributed by atoms with Gasteiger partial charge in [-0.3, -0.25) is 9.48 Å². The van der Waals surface area contributed by atoms with Crippen molar-refractivity contribution < 1.29 is 18.0 Å². The van der Waals surface area contributed by atoms with E-state index in [4.69, 9.17) is 0 Å². The number of aromatic nitrogens is 2. The van der Waals surface area contributed by atoms with Crippen LogP contribution in [-0.2, 0) is 17.5 Å². The van der Waals surface area contributed by atoms with Crippen molar-refractivity contribution in [2.45, 2.75) is 19.6 Å². The van der Waals surface area contributed by atoms with Gasteiger partial charge in [0.1, 0.15) is 0 Å². The minimum Gasteiger partial charge on any atom is -0.309 e. The quantitative estimate of drug-likeness (QED) is 0.941. The van der Waals surface area contributed by atoms with Gasteiger partial charge in [-0.2, -0.15) is 18.3 Å². The fraction of sp³-hybridized carbons (Fsp3) is 0.231. The molecule has 0 saturated carbocycles. The summed E-state index contributed by atoms with van der Waals surface area (Å²) in [6.07, 6.45) is -2.89. The van der Waals surface area contributed by atoms with Crippen LogP contribution in [0.2, 0.25) is 0 Å². The first-order valence-corrected chi connectivity index (χ1v) is 5.82. The summed E-state index contributed by atoms with van der Waals surface area (Å²) in [5.41, 5.74) is -0.561. The Labute approximate surface area is 113 Å². The molecule has 0 aliphatic carbocycles. The average molecular weight is 283 g/mol. The van der Waals surface area contributed by atoms with E-state index in [1.165, 1.54) is 36.0 Å². The Morgan fingerprint density at radius 1 is 1.30 bits per heavy atom. The van der Waals surface area contributed by atoms with Crippen molar-refractivity contribution in [1.82, 2.24) is 9.78 Å². The molecule has 7 heteroatoms. The predicted octanol–water partition coefficient (Wildman–Crippen LogP) is 2.91. The number of rotatable bonds is 3. The fourth-order valence-electron chi connectivity index (χ4n) is 1.81. The maximum Gasteiger partial charge on any atom is 0.416 e. The van der Waals surface area contributed by atoms with Crippen LogP contribution in [0.5, 0.6) is 0 Å². The number of hydrogen-bond donors (Lipinski definition) is 1.